The number of aliphatic hydroxyl groups is 1. The fourth-order valence-corrected chi connectivity index (χ4v) is 5.61. The second-order valence-corrected chi connectivity index (χ2v) is 16.6. The molecular weight excluding hydrogens is 765 g/mol. The highest BCUT2D eigenvalue weighted by molar-refractivity contribution is 7.47. The molecule has 334 valence electrons. The lowest BCUT2D eigenvalue weighted by Gasteiger charge is -2.24. The molecule has 0 spiro atoms. The summed E-state index contributed by atoms with van der Waals surface area (Å²) in [5, 5.41) is 9.48. The highest BCUT2D eigenvalue weighted by Gasteiger charge is 2.27. The summed E-state index contributed by atoms with van der Waals surface area (Å²) < 4.78 is 34.1. The number of ether oxygens (including phenoxy) is 2. The second-order valence-electron chi connectivity index (χ2n) is 15.2. The van der Waals surface area contributed by atoms with Crippen molar-refractivity contribution in [3.05, 3.63) is 109 Å². The van der Waals surface area contributed by atoms with Crippen LogP contribution >= 0.6 is 7.82 Å². The first kappa shape index (κ1) is 55.6. The summed E-state index contributed by atoms with van der Waals surface area (Å²) in [6, 6.07) is 0. The van der Waals surface area contributed by atoms with Gasteiger partial charge in [-0.3, -0.25) is 18.6 Å². The van der Waals surface area contributed by atoms with E-state index in [-0.39, 0.29) is 32.2 Å². The van der Waals surface area contributed by atoms with Gasteiger partial charge in [-0.2, -0.15) is 0 Å². The third-order valence-electron chi connectivity index (χ3n) is 8.44. The Morgan fingerprint density at radius 2 is 1.08 bits per heavy atom. The van der Waals surface area contributed by atoms with Crippen LogP contribution < -0.4 is 0 Å². The highest BCUT2D eigenvalue weighted by atomic mass is 31.2. The fraction of sp³-hybridized carbons (Fsp3) is 0.583. The van der Waals surface area contributed by atoms with E-state index in [2.05, 4.69) is 73.8 Å². The number of likely N-dealkylation sites (N-methyl/N-ethyl adjacent to an activating group) is 1. The summed E-state index contributed by atoms with van der Waals surface area (Å²) in [6.07, 6.45) is 49.6. The number of allylic oxidation sites excluding steroid dienone is 17. The number of aliphatic hydroxyl groups excluding tert-OH is 1. The lowest BCUT2D eigenvalue weighted by atomic mass is 10.2. The summed E-state index contributed by atoms with van der Waals surface area (Å²) in [5.41, 5.74) is 0. The van der Waals surface area contributed by atoms with E-state index < -0.39 is 32.5 Å². The molecule has 0 fully saturated rings. The number of phosphoric acid groups is 1. The summed E-state index contributed by atoms with van der Waals surface area (Å²) in [4.78, 5) is 35.3. The summed E-state index contributed by atoms with van der Waals surface area (Å²) in [5.74, 6) is -0.966. The zero-order chi connectivity index (χ0) is 43.7. The summed E-state index contributed by atoms with van der Waals surface area (Å²) in [6.45, 7) is 3.88. The minimum absolute atomic E-state index is 0.000624. The van der Waals surface area contributed by atoms with Gasteiger partial charge in [0.1, 0.15) is 19.8 Å². The number of hydrogen-bond donors (Lipinski definition) is 2. The van der Waals surface area contributed by atoms with E-state index in [0.717, 1.165) is 51.4 Å². The molecule has 0 saturated heterocycles. The number of carbonyl (C=O) groups is 2. The minimum Gasteiger partial charge on any atom is -0.462 e. The van der Waals surface area contributed by atoms with Gasteiger partial charge in [-0.15, -0.1) is 0 Å². The minimum atomic E-state index is -4.42. The predicted octanol–water partition coefficient (Wildman–Crippen LogP) is 11.3. The fourth-order valence-electron chi connectivity index (χ4n) is 4.87. The monoisotopic (exact) mass is 845 g/mol. The van der Waals surface area contributed by atoms with Crippen molar-refractivity contribution in [1.29, 1.82) is 0 Å². The van der Waals surface area contributed by atoms with Crippen LogP contribution in [0.1, 0.15) is 123 Å². The molecule has 10 nitrogen and oxygen atoms in total. The van der Waals surface area contributed by atoms with Crippen LogP contribution in [0.25, 0.3) is 0 Å². The molecule has 0 rings (SSSR count). The maximum absolute atomic E-state index is 12.7. The molecule has 0 amide bonds. The Balaban J connectivity index is 4.61. The maximum atomic E-state index is 12.7. The van der Waals surface area contributed by atoms with E-state index in [1.165, 1.54) is 19.3 Å². The van der Waals surface area contributed by atoms with Crippen molar-refractivity contribution in [2.24, 2.45) is 0 Å². The van der Waals surface area contributed by atoms with Gasteiger partial charge in [0.05, 0.1) is 33.9 Å². The topological polar surface area (TPSA) is 129 Å². The molecule has 3 atom stereocenters. The molecule has 59 heavy (non-hydrogen) atoms. The molecule has 0 aliphatic rings. The average molecular weight is 845 g/mol. The standard InChI is InChI=1S/C48H78NO9P/c1-6-8-9-10-11-12-13-14-15-16-17-21-24-27-30-33-36-39-47(51)55-43-46(44-57-59(53,54)56-42-41-49(3,4)5)58-48(52)40-37-34-31-28-25-22-19-18-20-23-26-29-32-35-38-45(50)7-2/h11-12,14-15,17,19-23,27-32,35,38,45-46,50H,6-10,13,16,18,24-26,33-34,36-37,39-44H2,1-5H3/p+1/b12-11-,15-14-,21-17-,22-19-,23-20-,30-27-,31-28-,32-29-,38-35+/t45-,46-/m1/s1. The van der Waals surface area contributed by atoms with Crippen molar-refractivity contribution in [1.82, 2.24) is 0 Å². The molecule has 11 heteroatoms. The van der Waals surface area contributed by atoms with Gasteiger partial charge in [0, 0.05) is 12.8 Å². The van der Waals surface area contributed by atoms with Crippen molar-refractivity contribution >= 4 is 19.8 Å². The van der Waals surface area contributed by atoms with Crippen molar-refractivity contribution in [2.75, 3.05) is 47.5 Å². The average Bonchev–Trinajstić information content (AvgIpc) is 3.19. The highest BCUT2D eigenvalue weighted by Crippen LogP contribution is 2.43. The first-order valence-electron chi connectivity index (χ1n) is 21.7. The van der Waals surface area contributed by atoms with Gasteiger partial charge in [-0.1, -0.05) is 136 Å². The normalized spacial score (nSPS) is 15.2. The molecule has 0 aromatic heterocycles. The lowest BCUT2D eigenvalue weighted by molar-refractivity contribution is -0.870. The van der Waals surface area contributed by atoms with E-state index >= 15 is 0 Å². The summed E-state index contributed by atoms with van der Waals surface area (Å²) in [7, 11) is 1.37. The smallest absolute Gasteiger partial charge is 0.462 e. The Bertz CT molecular complexity index is 1380. The van der Waals surface area contributed by atoms with E-state index in [9.17, 15) is 24.2 Å². The number of nitrogens with zero attached hydrogens (tertiary/aromatic N) is 1. The number of unbranched alkanes of at least 4 members (excludes halogenated alkanes) is 5. The van der Waals surface area contributed by atoms with Gasteiger partial charge in [0.2, 0.25) is 0 Å². The quantitative estimate of drug-likeness (QED) is 0.0157. The second kappa shape index (κ2) is 38.8. The first-order valence-corrected chi connectivity index (χ1v) is 23.2. The van der Waals surface area contributed by atoms with Crippen LogP contribution in [0, 0.1) is 0 Å². The number of carbonyl (C=O) groups excluding carboxylic acids is 2. The van der Waals surface area contributed by atoms with Crippen molar-refractivity contribution < 1.29 is 47.2 Å². The number of quaternary nitrogens is 1. The maximum Gasteiger partial charge on any atom is 0.472 e. The van der Waals surface area contributed by atoms with E-state index in [1.807, 2.05) is 64.5 Å². The molecule has 0 aliphatic heterocycles. The summed E-state index contributed by atoms with van der Waals surface area (Å²) >= 11 is 0. The molecular formula is C48H79NO9P+. The molecule has 0 heterocycles. The van der Waals surface area contributed by atoms with Crippen LogP contribution in [0.15, 0.2) is 109 Å². The molecule has 0 bridgehead atoms. The number of rotatable bonds is 37. The van der Waals surface area contributed by atoms with Gasteiger partial charge < -0.3 is 24.0 Å². The van der Waals surface area contributed by atoms with E-state index in [4.69, 9.17) is 18.5 Å². The third-order valence-corrected chi connectivity index (χ3v) is 9.43. The molecule has 0 aromatic carbocycles. The van der Waals surface area contributed by atoms with Crippen molar-refractivity contribution in [3.63, 3.8) is 0 Å². The van der Waals surface area contributed by atoms with Crippen LogP contribution in [-0.4, -0.2) is 86.1 Å². The number of esters is 2. The van der Waals surface area contributed by atoms with Crippen LogP contribution in [-0.2, 0) is 32.7 Å². The molecule has 0 aliphatic carbocycles. The van der Waals surface area contributed by atoms with Crippen LogP contribution in [0.4, 0.5) is 0 Å². The Kier molecular flexibility index (Phi) is 36.6. The Morgan fingerprint density at radius 3 is 1.58 bits per heavy atom. The third kappa shape index (κ3) is 42.6. The lowest BCUT2D eigenvalue weighted by Crippen LogP contribution is -2.37. The van der Waals surface area contributed by atoms with Gasteiger partial charge >= 0.3 is 19.8 Å². The van der Waals surface area contributed by atoms with Crippen molar-refractivity contribution in [2.45, 2.75) is 135 Å². The predicted molar refractivity (Wildman–Crippen MR) is 244 cm³/mol. The molecule has 2 N–H and O–H groups in total. The molecule has 0 radical (unpaired) electrons. The van der Waals surface area contributed by atoms with Crippen LogP contribution in [0.5, 0.6) is 0 Å². The van der Waals surface area contributed by atoms with Crippen molar-refractivity contribution in [3.8, 4) is 0 Å². The van der Waals surface area contributed by atoms with Gasteiger partial charge in [-0.05, 0) is 83.5 Å². The number of phosphoric ester groups is 1. The molecule has 0 saturated carbocycles. The zero-order valence-electron chi connectivity index (χ0n) is 37.0. The number of hydrogen-bond acceptors (Lipinski definition) is 8. The van der Waals surface area contributed by atoms with Gasteiger partial charge in [0.25, 0.3) is 0 Å². The Labute approximate surface area is 358 Å². The first-order chi connectivity index (χ1) is 28.4. The van der Waals surface area contributed by atoms with E-state index in [0.29, 0.717) is 36.7 Å². The SMILES string of the molecule is CCCCC/C=C\C/C=C\C/C=C\C/C=C\CCCC(=O)OC[C@H](COP(=O)(O)OCC[N+](C)(C)C)OC(=O)CCC/C=C\C/C=C\C/C=C\C/C=C\C=C\[C@H](O)CC. The van der Waals surface area contributed by atoms with Gasteiger partial charge in [-0.25, -0.2) is 4.57 Å². The van der Waals surface area contributed by atoms with Gasteiger partial charge in [0.15, 0.2) is 6.10 Å². The Hall–Kier alpha value is -3.37. The van der Waals surface area contributed by atoms with Crippen LogP contribution in [0.3, 0.4) is 0 Å². The zero-order valence-corrected chi connectivity index (χ0v) is 37.9. The molecule has 0 aromatic rings. The molecule has 1 unspecified atom stereocenters. The Morgan fingerprint density at radius 1 is 0.610 bits per heavy atom. The van der Waals surface area contributed by atoms with E-state index in [1.54, 1.807) is 6.08 Å². The largest absolute Gasteiger partial charge is 0.472 e. The van der Waals surface area contributed by atoms with Crippen LogP contribution in [0.2, 0.25) is 0 Å².